The predicted octanol–water partition coefficient (Wildman–Crippen LogP) is 3.83. The molecule has 0 aliphatic carbocycles. The molecule has 0 fully saturated rings. The highest BCUT2D eigenvalue weighted by Crippen LogP contribution is 2.19. The third-order valence-corrected chi connectivity index (χ3v) is 4.78. The van der Waals surface area contributed by atoms with E-state index in [1.807, 2.05) is 26.0 Å². The van der Waals surface area contributed by atoms with Crippen LogP contribution in [0.15, 0.2) is 54.9 Å². The number of benzene rings is 2. The number of hydrogen-bond acceptors (Lipinski definition) is 3. The molecular weight excluding hydrogens is 371 g/mol. The first-order valence-electron chi connectivity index (χ1n) is 9.30. The van der Waals surface area contributed by atoms with Gasteiger partial charge in [-0.3, -0.25) is 9.59 Å². The Labute approximate surface area is 168 Å². The van der Waals surface area contributed by atoms with E-state index in [0.29, 0.717) is 16.9 Å². The van der Waals surface area contributed by atoms with Gasteiger partial charge < -0.3 is 10.6 Å². The number of aromatic nitrogens is 2. The zero-order valence-electron chi connectivity index (χ0n) is 16.6. The molecule has 6 nitrogen and oxygen atoms in total. The van der Waals surface area contributed by atoms with Gasteiger partial charge in [-0.25, -0.2) is 9.07 Å². The number of rotatable bonds is 6. The Kier molecular flexibility index (Phi) is 6.07. The van der Waals surface area contributed by atoms with Crippen molar-refractivity contribution in [3.05, 3.63) is 77.4 Å². The summed E-state index contributed by atoms with van der Waals surface area (Å²) in [7, 11) is 0. The van der Waals surface area contributed by atoms with Crippen LogP contribution in [0, 0.1) is 19.7 Å². The van der Waals surface area contributed by atoms with Gasteiger partial charge in [-0.2, -0.15) is 5.10 Å². The molecule has 0 bridgehead atoms. The summed E-state index contributed by atoms with van der Waals surface area (Å²) in [5.74, 6) is -1.17. The number of anilines is 1. The van der Waals surface area contributed by atoms with Gasteiger partial charge >= 0.3 is 0 Å². The molecule has 1 heterocycles. The first kappa shape index (κ1) is 20.3. The number of amides is 2. The third kappa shape index (κ3) is 4.87. The van der Waals surface area contributed by atoms with Crippen molar-refractivity contribution in [1.29, 1.82) is 0 Å². The van der Waals surface area contributed by atoms with Gasteiger partial charge in [0.1, 0.15) is 17.9 Å². The lowest BCUT2D eigenvalue weighted by molar-refractivity contribution is -0.127. The van der Waals surface area contributed by atoms with Crippen LogP contribution in [0.5, 0.6) is 0 Å². The van der Waals surface area contributed by atoms with Crippen LogP contribution in [0.1, 0.15) is 36.1 Å². The maximum Gasteiger partial charge on any atom is 0.233 e. The molecule has 7 heteroatoms. The van der Waals surface area contributed by atoms with E-state index in [0.717, 1.165) is 11.1 Å². The number of aryl methyl sites for hydroxylation is 1. The molecule has 0 aliphatic rings. The van der Waals surface area contributed by atoms with Crippen molar-refractivity contribution in [2.45, 2.75) is 33.2 Å². The molecule has 0 aliphatic heterocycles. The second-order valence-corrected chi connectivity index (χ2v) is 6.93. The molecule has 29 heavy (non-hydrogen) atoms. The highest BCUT2D eigenvalue weighted by molar-refractivity contribution is 6.04. The third-order valence-electron chi connectivity index (χ3n) is 4.78. The van der Waals surface area contributed by atoms with Crippen molar-refractivity contribution in [1.82, 2.24) is 15.1 Å². The summed E-state index contributed by atoms with van der Waals surface area (Å²) in [4.78, 5) is 24.5. The highest BCUT2D eigenvalue weighted by atomic mass is 19.1. The summed E-state index contributed by atoms with van der Waals surface area (Å²) in [5.41, 5.74) is 3.76. The van der Waals surface area contributed by atoms with Crippen molar-refractivity contribution in [2.75, 3.05) is 5.32 Å². The Morgan fingerprint density at radius 2 is 1.86 bits per heavy atom. The van der Waals surface area contributed by atoms with E-state index in [4.69, 9.17) is 0 Å². The highest BCUT2D eigenvalue weighted by Gasteiger charge is 2.16. The number of carbonyl (C=O) groups excluding carboxylic acids is 2. The topological polar surface area (TPSA) is 76.0 Å². The van der Waals surface area contributed by atoms with Crippen LogP contribution in [0.25, 0.3) is 5.69 Å². The van der Waals surface area contributed by atoms with Crippen LogP contribution in [-0.2, 0) is 9.59 Å². The van der Waals surface area contributed by atoms with Crippen LogP contribution < -0.4 is 10.6 Å². The molecule has 3 rings (SSSR count). The van der Waals surface area contributed by atoms with Gasteiger partial charge in [-0.05, 0) is 50.1 Å². The fourth-order valence-electron chi connectivity index (χ4n) is 2.93. The minimum absolute atomic E-state index is 0.292. The number of nitrogens with zero attached hydrogens (tertiary/aromatic N) is 2. The molecule has 1 aromatic heterocycles. The lowest BCUT2D eigenvalue weighted by atomic mass is 10.1. The van der Waals surface area contributed by atoms with Crippen LogP contribution in [0.3, 0.4) is 0 Å². The Morgan fingerprint density at radius 1 is 1.10 bits per heavy atom. The Morgan fingerprint density at radius 3 is 2.62 bits per heavy atom. The van der Waals surface area contributed by atoms with Crippen LogP contribution in [-0.4, -0.2) is 21.6 Å². The number of para-hydroxylation sites is 1. The van der Waals surface area contributed by atoms with Crippen molar-refractivity contribution in [2.24, 2.45) is 0 Å². The predicted molar refractivity (Wildman–Crippen MR) is 109 cm³/mol. The molecule has 0 saturated heterocycles. The summed E-state index contributed by atoms with van der Waals surface area (Å²) < 4.78 is 15.3. The summed E-state index contributed by atoms with van der Waals surface area (Å²) in [6, 6.07) is 11.5. The number of hydrogen-bond donors (Lipinski definition) is 2. The number of carbonyl (C=O) groups is 2. The zero-order chi connectivity index (χ0) is 21.0. The van der Waals surface area contributed by atoms with E-state index < -0.39 is 5.91 Å². The van der Waals surface area contributed by atoms with Gasteiger partial charge in [0, 0.05) is 17.4 Å². The first-order valence-corrected chi connectivity index (χ1v) is 9.30. The molecule has 2 N–H and O–H groups in total. The summed E-state index contributed by atoms with van der Waals surface area (Å²) in [5, 5.41) is 9.70. The smallest absolute Gasteiger partial charge is 0.233 e. The van der Waals surface area contributed by atoms with Gasteiger partial charge in [0.15, 0.2) is 0 Å². The summed E-state index contributed by atoms with van der Waals surface area (Å²) in [6.07, 6.45) is 2.92. The Bertz CT molecular complexity index is 1040. The second-order valence-electron chi connectivity index (χ2n) is 6.93. The van der Waals surface area contributed by atoms with Crippen molar-refractivity contribution in [3.8, 4) is 5.69 Å². The number of halogens is 1. The second kappa shape index (κ2) is 8.68. The van der Waals surface area contributed by atoms with Crippen LogP contribution in [0.2, 0.25) is 0 Å². The molecule has 1 atom stereocenters. The van der Waals surface area contributed by atoms with E-state index in [1.165, 1.54) is 10.7 Å². The lowest BCUT2D eigenvalue weighted by Crippen LogP contribution is -2.30. The average Bonchev–Trinajstić information content (AvgIpc) is 3.16. The van der Waals surface area contributed by atoms with E-state index in [-0.39, 0.29) is 24.2 Å². The molecule has 0 saturated carbocycles. The van der Waals surface area contributed by atoms with E-state index in [9.17, 15) is 14.0 Å². The maximum atomic E-state index is 13.9. The molecule has 0 radical (unpaired) electrons. The van der Waals surface area contributed by atoms with E-state index in [2.05, 4.69) is 15.7 Å². The van der Waals surface area contributed by atoms with Gasteiger partial charge in [-0.1, -0.05) is 24.3 Å². The molecule has 2 amide bonds. The van der Waals surface area contributed by atoms with Crippen molar-refractivity contribution >= 4 is 17.5 Å². The minimum Gasteiger partial charge on any atom is -0.349 e. The molecular formula is C22H23FN4O2. The Hall–Kier alpha value is -3.48. The summed E-state index contributed by atoms with van der Waals surface area (Å²) >= 11 is 0. The molecule has 2 aromatic carbocycles. The van der Waals surface area contributed by atoms with E-state index >= 15 is 0 Å². The zero-order valence-corrected chi connectivity index (χ0v) is 16.6. The lowest BCUT2D eigenvalue weighted by Gasteiger charge is -2.13. The molecule has 150 valence electrons. The summed E-state index contributed by atoms with van der Waals surface area (Å²) in [6.45, 7) is 5.66. The minimum atomic E-state index is -0.404. The SMILES string of the molecule is Cc1cccc(NC(=O)CC(=O)NC(C)c2cnn(-c3ccccc3F)c2)c1C. The first-order chi connectivity index (χ1) is 13.8. The van der Waals surface area contributed by atoms with E-state index in [1.54, 1.807) is 43.6 Å². The standard InChI is InChI=1S/C22H23FN4O2/c1-14-7-6-9-19(15(14)2)26-22(29)11-21(28)25-16(3)17-12-24-27(13-17)20-10-5-4-8-18(20)23/h4-10,12-13,16H,11H2,1-3H3,(H,25,28)(H,26,29). The van der Waals surface area contributed by atoms with Gasteiger partial charge in [0.05, 0.1) is 12.2 Å². The molecule has 1 unspecified atom stereocenters. The van der Waals surface area contributed by atoms with Crippen LogP contribution in [0.4, 0.5) is 10.1 Å². The van der Waals surface area contributed by atoms with Gasteiger partial charge in [0.2, 0.25) is 11.8 Å². The fraction of sp³-hybridized carbons (Fsp3) is 0.227. The average molecular weight is 394 g/mol. The van der Waals surface area contributed by atoms with Crippen molar-refractivity contribution < 1.29 is 14.0 Å². The van der Waals surface area contributed by atoms with Gasteiger partial charge in [0.25, 0.3) is 0 Å². The Balaban J connectivity index is 1.59. The monoisotopic (exact) mass is 394 g/mol. The normalized spacial score (nSPS) is 11.7. The van der Waals surface area contributed by atoms with Crippen LogP contribution >= 0.6 is 0 Å². The maximum absolute atomic E-state index is 13.9. The quantitative estimate of drug-likeness (QED) is 0.624. The number of nitrogens with one attached hydrogen (secondary N) is 2. The van der Waals surface area contributed by atoms with Gasteiger partial charge in [-0.15, -0.1) is 0 Å². The largest absolute Gasteiger partial charge is 0.349 e. The molecule has 3 aromatic rings. The fourth-order valence-corrected chi connectivity index (χ4v) is 2.93. The molecule has 0 spiro atoms. The van der Waals surface area contributed by atoms with Crippen molar-refractivity contribution in [3.63, 3.8) is 0 Å².